The Morgan fingerprint density at radius 2 is 1.86 bits per heavy atom. The van der Waals surface area contributed by atoms with Crippen molar-refractivity contribution in [2.75, 3.05) is 46.3 Å². The monoisotopic (exact) mass is 525 g/mol. The lowest BCUT2D eigenvalue weighted by Crippen LogP contribution is -2.50. The molecule has 0 aromatic heterocycles. The lowest BCUT2D eigenvalue weighted by atomic mass is 10.0. The zero-order chi connectivity index (χ0) is 21.2. The maximum absolute atomic E-state index is 12.3. The largest absolute Gasteiger partial charge is 0.444 e. The molecule has 1 fully saturated rings. The van der Waals surface area contributed by atoms with E-state index >= 15 is 0 Å². The standard InChI is InChI=1S/C21H43N5O2.HI/c1-8-12-26(20(27)28-21(4,5)6)15-11-23-19(22-7)24-18-9-13-25(14-10-18)16-17(2)3;/h17-18H,8-16H2,1-7H3,(H2,22,23,24);1H. The summed E-state index contributed by atoms with van der Waals surface area (Å²) in [7, 11) is 1.79. The van der Waals surface area contributed by atoms with Crippen molar-refractivity contribution in [1.82, 2.24) is 20.4 Å². The zero-order valence-corrected chi connectivity index (χ0v) is 21.9. The number of nitrogens with one attached hydrogen (secondary N) is 2. The van der Waals surface area contributed by atoms with Crippen LogP contribution in [0.15, 0.2) is 4.99 Å². The van der Waals surface area contributed by atoms with Gasteiger partial charge in [-0.15, -0.1) is 24.0 Å². The molecule has 0 atom stereocenters. The molecule has 0 aromatic rings. The molecule has 29 heavy (non-hydrogen) atoms. The first-order chi connectivity index (χ1) is 13.1. The van der Waals surface area contributed by atoms with Gasteiger partial charge in [0.1, 0.15) is 5.60 Å². The van der Waals surface area contributed by atoms with Crippen LogP contribution in [0.25, 0.3) is 0 Å². The number of rotatable bonds is 8. The van der Waals surface area contributed by atoms with Crippen molar-refractivity contribution >= 4 is 36.0 Å². The van der Waals surface area contributed by atoms with Gasteiger partial charge in [-0.25, -0.2) is 4.79 Å². The van der Waals surface area contributed by atoms with E-state index in [-0.39, 0.29) is 30.1 Å². The van der Waals surface area contributed by atoms with Crippen molar-refractivity contribution in [3.63, 3.8) is 0 Å². The van der Waals surface area contributed by atoms with Crippen LogP contribution in [0.1, 0.15) is 60.8 Å². The van der Waals surface area contributed by atoms with Crippen molar-refractivity contribution < 1.29 is 9.53 Å². The third-order valence-electron chi connectivity index (χ3n) is 4.59. The van der Waals surface area contributed by atoms with Crippen LogP contribution < -0.4 is 10.6 Å². The summed E-state index contributed by atoms with van der Waals surface area (Å²) in [5, 5.41) is 6.87. The van der Waals surface area contributed by atoms with Gasteiger partial charge in [0.25, 0.3) is 0 Å². The SMILES string of the molecule is CCCN(CCNC(=NC)NC1CCN(CC(C)C)CC1)C(=O)OC(C)(C)C.I. The van der Waals surface area contributed by atoms with Gasteiger partial charge in [0.15, 0.2) is 5.96 Å². The number of hydrogen-bond donors (Lipinski definition) is 2. The summed E-state index contributed by atoms with van der Waals surface area (Å²) in [5.41, 5.74) is -0.474. The Labute approximate surface area is 195 Å². The first-order valence-electron chi connectivity index (χ1n) is 10.8. The number of aliphatic imine (C=N–C) groups is 1. The third kappa shape index (κ3) is 12.5. The molecule has 1 aliphatic rings. The van der Waals surface area contributed by atoms with Gasteiger partial charge in [-0.3, -0.25) is 4.99 Å². The van der Waals surface area contributed by atoms with E-state index in [9.17, 15) is 4.79 Å². The normalized spacial score (nSPS) is 16.3. The van der Waals surface area contributed by atoms with Gasteiger partial charge < -0.3 is 25.2 Å². The molecule has 1 amide bonds. The second-order valence-corrected chi connectivity index (χ2v) is 9.08. The van der Waals surface area contributed by atoms with Crippen LogP contribution in [0.5, 0.6) is 0 Å². The zero-order valence-electron chi connectivity index (χ0n) is 19.6. The Kier molecular flexibility index (Phi) is 13.9. The molecule has 0 radical (unpaired) electrons. The third-order valence-corrected chi connectivity index (χ3v) is 4.59. The Hall–Kier alpha value is -0.770. The maximum Gasteiger partial charge on any atom is 0.410 e. The van der Waals surface area contributed by atoms with Crippen LogP contribution in [0, 0.1) is 5.92 Å². The molecule has 1 heterocycles. The number of likely N-dealkylation sites (tertiary alicyclic amines) is 1. The average molecular weight is 526 g/mol. The molecule has 0 spiro atoms. The number of guanidine groups is 1. The Morgan fingerprint density at radius 1 is 1.24 bits per heavy atom. The van der Waals surface area contributed by atoms with E-state index in [4.69, 9.17) is 4.74 Å². The van der Waals surface area contributed by atoms with Gasteiger partial charge >= 0.3 is 6.09 Å². The minimum atomic E-state index is -0.474. The molecule has 0 unspecified atom stereocenters. The number of carbonyl (C=O) groups excluding carboxylic acids is 1. The Bertz CT molecular complexity index is 486. The highest BCUT2D eigenvalue weighted by molar-refractivity contribution is 14.0. The van der Waals surface area contributed by atoms with Gasteiger partial charge in [0.2, 0.25) is 0 Å². The number of ether oxygens (including phenoxy) is 1. The van der Waals surface area contributed by atoms with Crippen molar-refractivity contribution in [2.45, 2.75) is 72.4 Å². The second-order valence-electron chi connectivity index (χ2n) is 9.08. The highest BCUT2D eigenvalue weighted by Gasteiger charge is 2.22. The number of hydrogen-bond acceptors (Lipinski definition) is 4. The van der Waals surface area contributed by atoms with Crippen molar-refractivity contribution in [2.24, 2.45) is 10.9 Å². The van der Waals surface area contributed by atoms with Crippen LogP contribution in [-0.2, 0) is 4.74 Å². The summed E-state index contributed by atoms with van der Waals surface area (Å²) in [6.45, 7) is 17.7. The predicted octanol–water partition coefficient (Wildman–Crippen LogP) is 3.54. The van der Waals surface area contributed by atoms with E-state index in [0.29, 0.717) is 25.7 Å². The van der Waals surface area contributed by atoms with E-state index in [1.165, 1.54) is 6.54 Å². The molecule has 1 aliphatic heterocycles. The van der Waals surface area contributed by atoms with Crippen molar-refractivity contribution in [3.8, 4) is 0 Å². The lowest BCUT2D eigenvalue weighted by molar-refractivity contribution is 0.0253. The van der Waals surface area contributed by atoms with Gasteiger partial charge in [-0.2, -0.15) is 0 Å². The fourth-order valence-corrected chi connectivity index (χ4v) is 3.36. The summed E-state index contributed by atoms with van der Waals surface area (Å²) in [4.78, 5) is 21.0. The number of amides is 1. The molecule has 172 valence electrons. The minimum Gasteiger partial charge on any atom is -0.444 e. The Morgan fingerprint density at radius 3 is 2.34 bits per heavy atom. The fraction of sp³-hybridized carbons (Fsp3) is 0.905. The summed E-state index contributed by atoms with van der Waals surface area (Å²) >= 11 is 0. The predicted molar refractivity (Wildman–Crippen MR) is 132 cm³/mol. The first-order valence-corrected chi connectivity index (χ1v) is 10.8. The first kappa shape index (κ1) is 28.2. The summed E-state index contributed by atoms with van der Waals surface area (Å²) < 4.78 is 5.50. The van der Waals surface area contributed by atoms with Crippen LogP contribution >= 0.6 is 24.0 Å². The van der Waals surface area contributed by atoms with Crippen LogP contribution in [-0.4, -0.2) is 79.8 Å². The molecule has 8 heteroatoms. The summed E-state index contributed by atoms with van der Waals surface area (Å²) in [6.07, 6.45) is 2.92. The topological polar surface area (TPSA) is 69.2 Å². The van der Waals surface area contributed by atoms with Crippen LogP contribution in [0.4, 0.5) is 4.79 Å². The number of halogens is 1. The fourth-order valence-electron chi connectivity index (χ4n) is 3.36. The lowest BCUT2D eigenvalue weighted by Gasteiger charge is -2.34. The molecule has 1 rings (SSSR count). The minimum absolute atomic E-state index is 0. The molecule has 0 saturated carbocycles. The van der Waals surface area contributed by atoms with Gasteiger partial charge in [-0.05, 0) is 46.0 Å². The van der Waals surface area contributed by atoms with E-state index in [1.807, 2.05) is 20.8 Å². The van der Waals surface area contributed by atoms with Gasteiger partial charge in [-0.1, -0.05) is 20.8 Å². The van der Waals surface area contributed by atoms with Crippen LogP contribution in [0.3, 0.4) is 0 Å². The van der Waals surface area contributed by atoms with Gasteiger partial charge in [0.05, 0.1) is 0 Å². The van der Waals surface area contributed by atoms with Crippen molar-refractivity contribution in [1.29, 1.82) is 0 Å². The highest BCUT2D eigenvalue weighted by atomic mass is 127. The maximum atomic E-state index is 12.3. The molecule has 0 aromatic carbocycles. The van der Waals surface area contributed by atoms with E-state index < -0.39 is 5.60 Å². The van der Waals surface area contributed by atoms with Gasteiger partial charge in [0, 0.05) is 52.4 Å². The van der Waals surface area contributed by atoms with E-state index in [0.717, 1.165) is 44.2 Å². The second kappa shape index (κ2) is 14.3. The van der Waals surface area contributed by atoms with E-state index in [1.54, 1.807) is 11.9 Å². The molecule has 7 nitrogen and oxygen atoms in total. The number of piperidine rings is 1. The number of nitrogens with zero attached hydrogens (tertiary/aromatic N) is 3. The van der Waals surface area contributed by atoms with Crippen molar-refractivity contribution in [3.05, 3.63) is 0 Å². The number of carbonyl (C=O) groups is 1. The molecular formula is C21H44IN5O2. The molecule has 2 N–H and O–H groups in total. The molecule has 0 aliphatic carbocycles. The molecular weight excluding hydrogens is 481 g/mol. The summed E-state index contributed by atoms with van der Waals surface area (Å²) in [5.74, 6) is 1.53. The summed E-state index contributed by atoms with van der Waals surface area (Å²) in [6, 6.07) is 0.451. The highest BCUT2D eigenvalue weighted by Crippen LogP contribution is 2.12. The molecule has 0 bridgehead atoms. The average Bonchev–Trinajstić information content (AvgIpc) is 2.59. The van der Waals surface area contributed by atoms with Crippen LogP contribution in [0.2, 0.25) is 0 Å². The molecule has 1 saturated heterocycles. The van der Waals surface area contributed by atoms with E-state index in [2.05, 4.69) is 41.3 Å². The Balaban J connectivity index is 0.00000784. The quantitative estimate of drug-likeness (QED) is 0.288. The smallest absolute Gasteiger partial charge is 0.410 e.